The van der Waals surface area contributed by atoms with Gasteiger partial charge < -0.3 is 4.74 Å². The molecule has 1 nitrogen and oxygen atoms in total. The van der Waals surface area contributed by atoms with Gasteiger partial charge in [0, 0.05) is 13.5 Å². The summed E-state index contributed by atoms with van der Waals surface area (Å²) in [5.74, 6) is 0. The third kappa shape index (κ3) is 3.19. The fourth-order valence-electron chi connectivity index (χ4n) is 1.27. The molecule has 0 heterocycles. The Morgan fingerprint density at radius 1 is 1.15 bits per heavy atom. The fourth-order valence-corrected chi connectivity index (χ4v) is 1.27. The monoisotopic (exact) mass is 178 g/mol. The third-order valence-corrected chi connectivity index (χ3v) is 2.30. The van der Waals surface area contributed by atoms with E-state index in [0.29, 0.717) is 0 Å². The van der Waals surface area contributed by atoms with Crippen LogP contribution in [0.25, 0.3) is 0 Å². The summed E-state index contributed by atoms with van der Waals surface area (Å²) in [6.07, 6.45) is 0.962. The van der Waals surface area contributed by atoms with Crippen LogP contribution in [0.5, 0.6) is 0 Å². The van der Waals surface area contributed by atoms with Gasteiger partial charge in [0.15, 0.2) is 0 Å². The second kappa shape index (κ2) is 3.93. The van der Waals surface area contributed by atoms with Gasteiger partial charge >= 0.3 is 0 Å². The van der Waals surface area contributed by atoms with E-state index in [1.54, 1.807) is 7.11 Å². The van der Waals surface area contributed by atoms with E-state index >= 15 is 0 Å². The van der Waals surface area contributed by atoms with E-state index in [0.717, 1.165) is 6.42 Å². The van der Waals surface area contributed by atoms with Crippen molar-refractivity contribution in [1.82, 2.24) is 0 Å². The molecule has 72 valence electrons. The minimum absolute atomic E-state index is 0.0603. The molecule has 0 saturated carbocycles. The van der Waals surface area contributed by atoms with Crippen LogP contribution >= 0.6 is 0 Å². The SMILES string of the molecule is COC(C)(C)Cc1ccc(C)cc1. The fraction of sp³-hybridized carbons (Fsp3) is 0.500. The van der Waals surface area contributed by atoms with Crippen molar-refractivity contribution in [1.29, 1.82) is 0 Å². The lowest BCUT2D eigenvalue weighted by atomic mass is 9.98. The Balaban J connectivity index is 2.69. The quantitative estimate of drug-likeness (QED) is 0.691. The average molecular weight is 178 g/mol. The standard InChI is InChI=1S/C12H18O/c1-10-5-7-11(8-6-10)9-12(2,3)13-4/h5-8H,9H2,1-4H3. The summed E-state index contributed by atoms with van der Waals surface area (Å²) in [7, 11) is 1.76. The molecular formula is C12H18O. The van der Waals surface area contributed by atoms with Crippen molar-refractivity contribution in [3.05, 3.63) is 35.4 Å². The van der Waals surface area contributed by atoms with Crippen LogP contribution in [-0.4, -0.2) is 12.7 Å². The highest BCUT2D eigenvalue weighted by Crippen LogP contribution is 2.16. The smallest absolute Gasteiger partial charge is 0.0662 e. The van der Waals surface area contributed by atoms with Gasteiger partial charge in [-0.05, 0) is 26.3 Å². The molecular weight excluding hydrogens is 160 g/mol. The topological polar surface area (TPSA) is 9.23 Å². The van der Waals surface area contributed by atoms with Gasteiger partial charge in [-0.25, -0.2) is 0 Å². The maximum absolute atomic E-state index is 5.37. The molecule has 0 unspecified atom stereocenters. The predicted octanol–water partition coefficient (Wildman–Crippen LogP) is 2.96. The van der Waals surface area contributed by atoms with Crippen LogP contribution < -0.4 is 0 Å². The van der Waals surface area contributed by atoms with Crippen LogP contribution in [0.4, 0.5) is 0 Å². The summed E-state index contributed by atoms with van der Waals surface area (Å²) in [6.45, 7) is 6.31. The minimum atomic E-state index is -0.0603. The first-order valence-electron chi connectivity index (χ1n) is 4.64. The summed E-state index contributed by atoms with van der Waals surface area (Å²) < 4.78 is 5.37. The molecule has 0 amide bonds. The van der Waals surface area contributed by atoms with E-state index in [1.807, 2.05) is 0 Å². The van der Waals surface area contributed by atoms with Gasteiger partial charge in [0.05, 0.1) is 5.60 Å². The second-order valence-corrected chi connectivity index (χ2v) is 4.13. The van der Waals surface area contributed by atoms with E-state index in [9.17, 15) is 0 Å². The van der Waals surface area contributed by atoms with Crippen LogP contribution in [0.2, 0.25) is 0 Å². The zero-order chi connectivity index (χ0) is 9.90. The van der Waals surface area contributed by atoms with E-state index < -0.39 is 0 Å². The molecule has 0 N–H and O–H groups in total. The zero-order valence-electron chi connectivity index (χ0n) is 8.92. The Labute approximate surface area is 80.7 Å². The van der Waals surface area contributed by atoms with Crippen LogP contribution in [0.1, 0.15) is 25.0 Å². The highest BCUT2D eigenvalue weighted by Gasteiger charge is 2.16. The van der Waals surface area contributed by atoms with Crippen molar-refractivity contribution < 1.29 is 4.74 Å². The largest absolute Gasteiger partial charge is 0.378 e. The lowest BCUT2D eigenvalue weighted by Gasteiger charge is -2.22. The number of hydrogen-bond acceptors (Lipinski definition) is 1. The molecule has 0 aliphatic carbocycles. The lowest BCUT2D eigenvalue weighted by Crippen LogP contribution is -2.25. The maximum Gasteiger partial charge on any atom is 0.0662 e. The van der Waals surface area contributed by atoms with Crippen molar-refractivity contribution in [2.75, 3.05) is 7.11 Å². The molecule has 0 aliphatic rings. The van der Waals surface area contributed by atoms with Gasteiger partial charge in [-0.1, -0.05) is 29.8 Å². The normalized spacial score (nSPS) is 11.7. The van der Waals surface area contributed by atoms with Crippen molar-refractivity contribution in [2.24, 2.45) is 0 Å². The molecule has 1 aromatic rings. The molecule has 0 bridgehead atoms. The Hall–Kier alpha value is -0.820. The van der Waals surface area contributed by atoms with Gasteiger partial charge in [-0.3, -0.25) is 0 Å². The van der Waals surface area contributed by atoms with Crippen molar-refractivity contribution >= 4 is 0 Å². The third-order valence-electron chi connectivity index (χ3n) is 2.30. The molecule has 0 radical (unpaired) electrons. The van der Waals surface area contributed by atoms with Crippen molar-refractivity contribution in [3.63, 3.8) is 0 Å². The van der Waals surface area contributed by atoms with E-state index in [-0.39, 0.29) is 5.60 Å². The lowest BCUT2D eigenvalue weighted by molar-refractivity contribution is 0.0232. The van der Waals surface area contributed by atoms with Crippen LogP contribution in [-0.2, 0) is 11.2 Å². The number of benzene rings is 1. The molecule has 0 spiro atoms. The number of aryl methyl sites for hydroxylation is 1. The average Bonchev–Trinajstić information content (AvgIpc) is 2.09. The zero-order valence-corrected chi connectivity index (χ0v) is 8.92. The molecule has 0 fully saturated rings. The molecule has 0 aromatic heterocycles. The van der Waals surface area contributed by atoms with Gasteiger partial charge in [0.1, 0.15) is 0 Å². The van der Waals surface area contributed by atoms with Crippen molar-refractivity contribution in [3.8, 4) is 0 Å². The Kier molecular flexibility index (Phi) is 3.10. The van der Waals surface area contributed by atoms with E-state index in [2.05, 4.69) is 45.0 Å². The predicted molar refractivity (Wildman–Crippen MR) is 56.0 cm³/mol. The van der Waals surface area contributed by atoms with Gasteiger partial charge in [0.2, 0.25) is 0 Å². The van der Waals surface area contributed by atoms with Crippen LogP contribution in [0.3, 0.4) is 0 Å². The van der Waals surface area contributed by atoms with E-state index in [4.69, 9.17) is 4.74 Å². The van der Waals surface area contributed by atoms with Crippen LogP contribution in [0.15, 0.2) is 24.3 Å². The van der Waals surface area contributed by atoms with Gasteiger partial charge in [-0.2, -0.15) is 0 Å². The molecule has 1 heteroatoms. The Bertz CT molecular complexity index is 259. The van der Waals surface area contributed by atoms with Crippen molar-refractivity contribution in [2.45, 2.75) is 32.8 Å². The van der Waals surface area contributed by atoms with E-state index in [1.165, 1.54) is 11.1 Å². The number of rotatable bonds is 3. The van der Waals surface area contributed by atoms with Gasteiger partial charge in [-0.15, -0.1) is 0 Å². The molecule has 0 aliphatic heterocycles. The number of methoxy groups -OCH3 is 1. The highest BCUT2D eigenvalue weighted by atomic mass is 16.5. The molecule has 1 rings (SSSR count). The highest BCUT2D eigenvalue weighted by molar-refractivity contribution is 5.22. The summed E-state index contributed by atoms with van der Waals surface area (Å²) in [4.78, 5) is 0. The summed E-state index contributed by atoms with van der Waals surface area (Å²) in [6, 6.07) is 8.61. The Morgan fingerprint density at radius 3 is 2.15 bits per heavy atom. The Morgan fingerprint density at radius 2 is 1.69 bits per heavy atom. The summed E-state index contributed by atoms with van der Waals surface area (Å²) in [5.41, 5.74) is 2.58. The number of hydrogen-bond donors (Lipinski definition) is 0. The second-order valence-electron chi connectivity index (χ2n) is 4.13. The first-order chi connectivity index (χ1) is 6.03. The molecule has 0 saturated heterocycles. The van der Waals surface area contributed by atoms with Crippen LogP contribution in [0, 0.1) is 6.92 Å². The number of ether oxygens (including phenoxy) is 1. The van der Waals surface area contributed by atoms with Gasteiger partial charge in [0.25, 0.3) is 0 Å². The molecule has 13 heavy (non-hydrogen) atoms. The molecule has 0 atom stereocenters. The maximum atomic E-state index is 5.37. The molecule has 1 aromatic carbocycles. The summed E-state index contributed by atoms with van der Waals surface area (Å²) in [5, 5.41) is 0. The summed E-state index contributed by atoms with van der Waals surface area (Å²) >= 11 is 0. The first kappa shape index (κ1) is 10.3. The minimum Gasteiger partial charge on any atom is -0.378 e. The first-order valence-corrected chi connectivity index (χ1v) is 4.64.